The first-order valence-corrected chi connectivity index (χ1v) is 10.2. The second kappa shape index (κ2) is 11.3. The molecule has 0 radical (unpaired) electrons. The number of hydrogen-bond acceptors (Lipinski definition) is 6. The minimum Gasteiger partial charge on any atom is -0.493 e. The Kier molecular flexibility index (Phi) is 8.45. The molecular formula is C23H31FN2O4. The van der Waals surface area contributed by atoms with E-state index in [-0.39, 0.29) is 12.4 Å². The fraction of sp³-hybridized carbons (Fsp3) is 0.478. The smallest absolute Gasteiger partial charge is 0.165 e. The van der Waals surface area contributed by atoms with Crippen LogP contribution >= 0.6 is 0 Å². The van der Waals surface area contributed by atoms with E-state index < -0.39 is 6.10 Å². The number of rotatable bonds is 10. The lowest BCUT2D eigenvalue weighted by molar-refractivity contribution is 0.00431. The van der Waals surface area contributed by atoms with Crippen molar-refractivity contribution in [3.05, 3.63) is 59.4 Å². The minimum absolute atomic E-state index is 0.187. The van der Waals surface area contributed by atoms with Gasteiger partial charge in [0, 0.05) is 38.3 Å². The fourth-order valence-corrected chi connectivity index (χ4v) is 3.57. The van der Waals surface area contributed by atoms with Crippen molar-refractivity contribution >= 4 is 0 Å². The number of aliphatic hydroxyl groups is 1. The summed E-state index contributed by atoms with van der Waals surface area (Å²) < 4.78 is 30.0. The van der Waals surface area contributed by atoms with Gasteiger partial charge in [-0.1, -0.05) is 24.3 Å². The standard InChI is InChI=1S/C23H31FN2O4/c1-25(14-18-6-8-20(24)9-7-18)15-19-4-3-5-22(28-2)23(19)30-17-21(27)16-26-10-12-29-13-11-26/h3-9,21,27H,10-17H2,1-2H3. The number of β-amino-alcohol motifs (C(OH)–C–C–N with tert-alkyl or cyclic N) is 1. The minimum atomic E-state index is -0.599. The van der Waals surface area contributed by atoms with Crippen LogP contribution in [0.1, 0.15) is 11.1 Å². The highest BCUT2D eigenvalue weighted by Crippen LogP contribution is 2.32. The number of benzene rings is 2. The molecule has 0 aromatic heterocycles. The van der Waals surface area contributed by atoms with Gasteiger partial charge in [-0.2, -0.15) is 0 Å². The summed E-state index contributed by atoms with van der Waals surface area (Å²) in [5.41, 5.74) is 2.00. The Morgan fingerprint density at radius 3 is 2.57 bits per heavy atom. The lowest BCUT2D eigenvalue weighted by Crippen LogP contribution is -2.42. The molecule has 1 heterocycles. The van der Waals surface area contributed by atoms with Crippen molar-refractivity contribution in [2.24, 2.45) is 0 Å². The number of methoxy groups -OCH3 is 1. The van der Waals surface area contributed by atoms with Crippen LogP contribution in [-0.4, -0.2) is 74.6 Å². The third kappa shape index (κ3) is 6.67. The zero-order valence-corrected chi connectivity index (χ0v) is 17.7. The molecule has 1 saturated heterocycles. The molecule has 30 heavy (non-hydrogen) atoms. The van der Waals surface area contributed by atoms with Crippen molar-refractivity contribution in [2.75, 3.05) is 53.6 Å². The van der Waals surface area contributed by atoms with Crippen LogP contribution < -0.4 is 9.47 Å². The number of para-hydroxylation sites is 1. The summed E-state index contributed by atoms with van der Waals surface area (Å²) in [4.78, 5) is 4.30. The van der Waals surface area contributed by atoms with E-state index >= 15 is 0 Å². The molecule has 0 saturated carbocycles. The highest BCUT2D eigenvalue weighted by molar-refractivity contribution is 5.46. The third-order valence-corrected chi connectivity index (χ3v) is 5.08. The molecule has 1 fully saturated rings. The maximum absolute atomic E-state index is 13.1. The summed E-state index contributed by atoms with van der Waals surface area (Å²) in [6.07, 6.45) is -0.599. The Morgan fingerprint density at radius 1 is 1.13 bits per heavy atom. The van der Waals surface area contributed by atoms with Gasteiger partial charge in [-0.05, 0) is 30.8 Å². The van der Waals surface area contributed by atoms with Crippen LogP contribution in [-0.2, 0) is 17.8 Å². The highest BCUT2D eigenvalue weighted by Gasteiger charge is 2.18. The Hall–Kier alpha value is -2.19. The van der Waals surface area contributed by atoms with Crippen molar-refractivity contribution in [1.29, 1.82) is 0 Å². The molecule has 1 aliphatic rings. The summed E-state index contributed by atoms with van der Waals surface area (Å²) in [6.45, 7) is 5.09. The number of hydrogen-bond donors (Lipinski definition) is 1. The lowest BCUT2D eigenvalue weighted by Gasteiger charge is -2.28. The second-order valence-corrected chi connectivity index (χ2v) is 7.63. The Labute approximate surface area is 177 Å². The van der Waals surface area contributed by atoms with Crippen LogP contribution in [0.3, 0.4) is 0 Å². The van der Waals surface area contributed by atoms with Gasteiger partial charge in [0.05, 0.1) is 20.3 Å². The topological polar surface area (TPSA) is 54.4 Å². The van der Waals surface area contributed by atoms with Gasteiger partial charge >= 0.3 is 0 Å². The van der Waals surface area contributed by atoms with Gasteiger partial charge in [0.25, 0.3) is 0 Å². The van der Waals surface area contributed by atoms with Crippen molar-refractivity contribution < 1.29 is 23.7 Å². The van der Waals surface area contributed by atoms with Gasteiger partial charge < -0.3 is 19.3 Å². The second-order valence-electron chi connectivity index (χ2n) is 7.63. The monoisotopic (exact) mass is 418 g/mol. The zero-order valence-electron chi connectivity index (χ0n) is 17.7. The predicted octanol–water partition coefficient (Wildman–Crippen LogP) is 2.54. The van der Waals surface area contributed by atoms with Gasteiger partial charge in [-0.15, -0.1) is 0 Å². The molecule has 7 heteroatoms. The summed E-state index contributed by atoms with van der Waals surface area (Å²) in [6, 6.07) is 12.3. The zero-order chi connectivity index (χ0) is 21.3. The largest absolute Gasteiger partial charge is 0.493 e. The molecule has 1 aliphatic heterocycles. The Morgan fingerprint density at radius 2 is 1.87 bits per heavy atom. The van der Waals surface area contributed by atoms with Gasteiger partial charge in [-0.25, -0.2) is 4.39 Å². The molecule has 1 atom stereocenters. The number of halogens is 1. The molecule has 6 nitrogen and oxygen atoms in total. The van der Waals surface area contributed by atoms with Crippen LogP contribution in [0.25, 0.3) is 0 Å². The van der Waals surface area contributed by atoms with E-state index in [9.17, 15) is 9.50 Å². The van der Waals surface area contributed by atoms with E-state index in [0.29, 0.717) is 44.3 Å². The molecule has 0 aliphatic carbocycles. The molecule has 2 aromatic carbocycles. The molecule has 2 aromatic rings. The number of ether oxygens (including phenoxy) is 3. The maximum atomic E-state index is 13.1. The molecule has 1 unspecified atom stereocenters. The highest BCUT2D eigenvalue weighted by atomic mass is 19.1. The van der Waals surface area contributed by atoms with E-state index in [2.05, 4.69) is 9.80 Å². The number of morpholine rings is 1. The van der Waals surface area contributed by atoms with E-state index in [4.69, 9.17) is 14.2 Å². The van der Waals surface area contributed by atoms with Crippen molar-refractivity contribution in [3.8, 4) is 11.5 Å². The first-order chi connectivity index (χ1) is 14.5. The summed E-state index contributed by atoms with van der Waals surface area (Å²) in [5.74, 6) is 1.05. The average Bonchev–Trinajstić information content (AvgIpc) is 2.75. The molecule has 3 rings (SSSR count). The molecule has 164 valence electrons. The molecule has 1 N–H and O–H groups in total. The van der Waals surface area contributed by atoms with Crippen LogP contribution in [0.15, 0.2) is 42.5 Å². The predicted molar refractivity (Wildman–Crippen MR) is 113 cm³/mol. The average molecular weight is 419 g/mol. The summed E-state index contributed by atoms with van der Waals surface area (Å²) >= 11 is 0. The quantitative estimate of drug-likeness (QED) is 0.640. The SMILES string of the molecule is COc1cccc(CN(C)Cc2ccc(F)cc2)c1OCC(O)CN1CCOCC1. The fourth-order valence-electron chi connectivity index (χ4n) is 3.57. The maximum Gasteiger partial charge on any atom is 0.165 e. The van der Waals surface area contributed by atoms with Gasteiger partial charge in [0.1, 0.15) is 18.5 Å². The lowest BCUT2D eigenvalue weighted by atomic mass is 10.1. The van der Waals surface area contributed by atoms with Crippen LogP contribution in [0.2, 0.25) is 0 Å². The van der Waals surface area contributed by atoms with Crippen LogP contribution in [0, 0.1) is 5.82 Å². The molecule has 0 amide bonds. The van der Waals surface area contributed by atoms with Gasteiger partial charge in [-0.3, -0.25) is 9.80 Å². The summed E-state index contributed by atoms with van der Waals surface area (Å²) in [7, 11) is 3.61. The van der Waals surface area contributed by atoms with Crippen molar-refractivity contribution in [3.63, 3.8) is 0 Å². The first-order valence-electron chi connectivity index (χ1n) is 10.2. The Bertz CT molecular complexity index is 781. The Balaban J connectivity index is 1.61. The number of nitrogens with zero attached hydrogens (tertiary/aromatic N) is 2. The van der Waals surface area contributed by atoms with E-state index in [1.165, 1.54) is 12.1 Å². The van der Waals surface area contributed by atoms with E-state index in [0.717, 1.165) is 24.2 Å². The van der Waals surface area contributed by atoms with Crippen LogP contribution in [0.4, 0.5) is 4.39 Å². The third-order valence-electron chi connectivity index (χ3n) is 5.08. The van der Waals surface area contributed by atoms with Crippen LogP contribution in [0.5, 0.6) is 11.5 Å². The number of aliphatic hydroxyl groups excluding tert-OH is 1. The molecular weight excluding hydrogens is 387 g/mol. The molecule has 0 spiro atoms. The van der Waals surface area contributed by atoms with Crippen molar-refractivity contribution in [1.82, 2.24) is 9.80 Å². The van der Waals surface area contributed by atoms with E-state index in [1.54, 1.807) is 19.2 Å². The van der Waals surface area contributed by atoms with E-state index in [1.807, 2.05) is 25.2 Å². The van der Waals surface area contributed by atoms with Gasteiger partial charge in [0.2, 0.25) is 0 Å². The molecule has 0 bridgehead atoms. The first kappa shape index (κ1) is 22.5. The summed E-state index contributed by atoms with van der Waals surface area (Å²) in [5, 5.41) is 10.4. The normalized spacial score (nSPS) is 15.9. The van der Waals surface area contributed by atoms with Crippen molar-refractivity contribution in [2.45, 2.75) is 19.2 Å². The van der Waals surface area contributed by atoms with Gasteiger partial charge in [0.15, 0.2) is 11.5 Å².